The highest BCUT2D eigenvalue weighted by Gasteiger charge is 2.48. The number of aliphatic imine (C=N–C) groups is 2. The highest BCUT2D eigenvalue weighted by molar-refractivity contribution is 7.91. The molecule has 0 radical (unpaired) electrons. The molecule has 1 unspecified atom stereocenters. The summed E-state index contributed by atoms with van der Waals surface area (Å²) in [6, 6.07) is 0.441. The first-order chi connectivity index (χ1) is 13.6. The van der Waals surface area contributed by atoms with Crippen molar-refractivity contribution in [3.05, 3.63) is 35.4 Å². The van der Waals surface area contributed by atoms with Crippen molar-refractivity contribution in [3.63, 3.8) is 0 Å². The number of rotatable bonds is 3. The number of allylic oxidation sites excluding steroid dienone is 1. The fraction of sp³-hybridized carbons (Fsp3) is 0.438. The number of likely N-dealkylation sites (N-methyl/N-ethyl adjacent to an activating group) is 1. The van der Waals surface area contributed by atoms with Crippen LogP contribution in [0.2, 0.25) is 0 Å². The van der Waals surface area contributed by atoms with E-state index in [0.29, 0.717) is 18.5 Å². The smallest absolute Gasteiger partial charge is 0.361 e. The van der Waals surface area contributed by atoms with Crippen LogP contribution < -0.4 is 5.32 Å². The minimum absolute atomic E-state index is 0.235. The van der Waals surface area contributed by atoms with Crippen molar-refractivity contribution < 1.29 is 34.8 Å². The Bertz CT molecular complexity index is 1090. The van der Waals surface area contributed by atoms with Crippen LogP contribution in [0.3, 0.4) is 0 Å². The number of pyridine rings is 1. The number of amidine groups is 2. The molecule has 0 aromatic carbocycles. The molecule has 3 rings (SSSR count). The zero-order chi connectivity index (χ0) is 22.7. The number of hydrogen-bond donors (Lipinski definition) is 1. The number of nitrogens with zero attached hydrogens (tertiary/aromatic N) is 4. The second-order valence-electron chi connectivity index (χ2n) is 6.65. The summed E-state index contributed by atoms with van der Waals surface area (Å²) in [7, 11) is -2.80. The summed E-state index contributed by atoms with van der Waals surface area (Å²) in [5, 5.41) is 2.51. The third-order valence-electron chi connectivity index (χ3n) is 4.75. The van der Waals surface area contributed by atoms with Crippen LogP contribution in [-0.2, 0) is 16.0 Å². The number of nitrogens with one attached hydrogen (secondary N) is 1. The average Bonchev–Trinajstić information content (AvgIpc) is 2.90. The topological polar surface area (TPSA) is 87.0 Å². The van der Waals surface area contributed by atoms with Crippen LogP contribution in [0.4, 0.5) is 26.3 Å². The Balaban J connectivity index is 2.20. The summed E-state index contributed by atoms with van der Waals surface area (Å²) in [6.07, 6.45) is -8.52. The third kappa shape index (κ3) is 3.52. The fourth-order valence-electron chi connectivity index (χ4n) is 2.81. The first-order valence-corrected chi connectivity index (χ1v) is 10.0. The fourth-order valence-corrected chi connectivity index (χ4v) is 3.87. The molecule has 1 atom stereocenters. The van der Waals surface area contributed by atoms with Gasteiger partial charge in [0.25, 0.3) is 0 Å². The Morgan fingerprint density at radius 1 is 1.13 bits per heavy atom. The highest BCUT2D eigenvalue weighted by atomic mass is 32.2. The van der Waals surface area contributed by atoms with E-state index in [0.717, 1.165) is 0 Å². The van der Waals surface area contributed by atoms with E-state index >= 15 is 0 Å². The van der Waals surface area contributed by atoms with Gasteiger partial charge in [-0.25, -0.2) is 18.4 Å². The maximum absolute atomic E-state index is 13.1. The third-order valence-corrected chi connectivity index (χ3v) is 6.49. The van der Waals surface area contributed by atoms with Gasteiger partial charge in [0.05, 0.1) is 16.2 Å². The SMILES string of the molecule is CCS(=O)(=O)c1cc(C(F)(F)F)cnc1C1=NC2=NC(C(F)(F)F)=CNC2(C)N1C. The number of aromatic nitrogens is 1. The quantitative estimate of drug-likeness (QED) is 0.709. The second-order valence-corrected chi connectivity index (χ2v) is 8.89. The molecule has 0 amide bonds. The van der Waals surface area contributed by atoms with Gasteiger partial charge in [-0.2, -0.15) is 26.3 Å². The summed E-state index contributed by atoms with van der Waals surface area (Å²) in [4.78, 5) is 11.7. The Morgan fingerprint density at radius 3 is 2.30 bits per heavy atom. The van der Waals surface area contributed by atoms with E-state index < -0.39 is 55.5 Å². The first-order valence-electron chi connectivity index (χ1n) is 8.38. The summed E-state index contributed by atoms with van der Waals surface area (Å²) < 4.78 is 103. The van der Waals surface area contributed by atoms with Gasteiger partial charge in [-0.1, -0.05) is 6.92 Å². The maximum atomic E-state index is 13.1. The molecule has 0 fully saturated rings. The molecule has 30 heavy (non-hydrogen) atoms. The van der Waals surface area contributed by atoms with Gasteiger partial charge in [-0.3, -0.25) is 4.98 Å². The van der Waals surface area contributed by atoms with Crippen molar-refractivity contribution in [3.8, 4) is 0 Å². The van der Waals surface area contributed by atoms with Crippen LogP contribution in [0.15, 0.2) is 39.0 Å². The van der Waals surface area contributed by atoms with E-state index in [-0.39, 0.29) is 11.7 Å². The Morgan fingerprint density at radius 2 is 1.77 bits per heavy atom. The van der Waals surface area contributed by atoms with E-state index in [1.165, 1.54) is 25.8 Å². The van der Waals surface area contributed by atoms with E-state index in [1.54, 1.807) is 0 Å². The molecule has 0 saturated carbocycles. The van der Waals surface area contributed by atoms with Gasteiger partial charge in [-0.15, -0.1) is 0 Å². The molecule has 3 heterocycles. The molecule has 2 aliphatic heterocycles. The molecule has 14 heteroatoms. The molecule has 1 aromatic rings. The lowest BCUT2D eigenvalue weighted by Crippen LogP contribution is -2.57. The molecular weight excluding hydrogens is 440 g/mol. The van der Waals surface area contributed by atoms with E-state index in [2.05, 4.69) is 20.3 Å². The van der Waals surface area contributed by atoms with Crippen LogP contribution in [0.1, 0.15) is 25.1 Å². The van der Waals surface area contributed by atoms with Crippen LogP contribution in [-0.4, -0.2) is 54.6 Å². The predicted octanol–water partition coefficient (Wildman–Crippen LogP) is 2.71. The molecule has 164 valence electrons. The first kappa shape index (κ1) is 22.1. The zero-order valence-electron chi connectivity index (χ0n) is 15.7. The standard InChI is InChI=1S/C16H15F6N5O2S/c1-4-30(28,29)9-5-8(15(17,18)19)6-23-11(9)12-26-13-14(2,27(12)3)24-7-10(25-13)16(20,21)22/h5-7,24H,4H2,1-3H3. The van der Waals surface area contributed by atoms with Crippen molar-refractivity contribution in [1.82, 2.24) is 15.2 Å². The Kier molecular flexibility index (Phi) is 4.91. The van der Waals surface area contributed by atoms with Crippen molar-refractivity contribution in [2.24, 2.45) is 9.98 Å². The minimum atomic E-state index is -4.84. The largest absolute Gasteiger partial charge is 0.434 e. The number of sulfone groups is 1. The van der Waals surface area contributed by atoms with E-state index in [9.17, 15) is 34.8 Å². The zero-order valence-corrected chi connectivity index (χ0v) is 16.5. The number of fused-ring (bicyclic) bond motifs is 1. The van der Waals surface area contributed by atoms with Crippen molar-refractivity contribution in [1.29, 1.82) is 0 Å². The van der Waals surface area contributed by atoms with Gasteiger partial charge in [0.2, 0.25) is 0 Å². The van der Waals surface area contributed by atoms with Gasteiger partial charge in [-0.05, 0) is 13.0 Å². The van der Waals surface area contributed by atoms with Gasteiger partial charge in [0.15, 0.2) is 32.9 Å². The molecule has 0 spiro atoms. The predicted molar refractivity (Wildman–Crippen MR) is 94.4 cm³/mol. The molecule has 1 N–H and O–H groups in total. The van der Waals surface area contributed by atoms with Crippen molar-refractivity contribution in [2.45, 2.75) is 36.8 Å². The van der Waals surface area contributed by atoms with Gasteiger partial charge in [0, 0.05) is 19.4 Å². The van der Waals surface area contributed by atoms with Crippen LogP contribution in [0.25, 0.3) is 0 Å². The molecule has 1 aromatic heterocycles. The summed E-state index contributed by atoms with van der Waals surface area (Å²) in [6.45, 7) is 2.68. The lowest BCUT2D eigenvalue weighted by molar-refractivity contribution is -0.138. The molecule has 0 aliphatic carbocycles. The van der Waals surface area contributed by atoms with E-state index in [1.807, 2.05) is 0 Å². The summed E-state index contributed by atoms with van der Waals surface area (Å²) >= 11 is 0. The summed E-state index contributed by atoms with van der Waals surface area (Å²) in [5.74, 6) is -1.09. The van der Waals surface area contributed by atoms with Crippen molar-refractivity contribution >= 4 is 21.5 Å². The lowest BCUT2D eigenvalue weighted by Gasteiger charge is -2.36. The molecule has 2 aliphatic rings. The van der Waals surface area contributed by atoms with Crippen LogP contribution in [0, 0.1) is 0 Å². The average molecular weight is 455 g/mol. The number of halogens is 6. The normalized spacial score (nSPS) is 22.2. The molecule has 0 saturated heterocycles. The lowest BCUT2D eigenvalue weighted by atomic mass is 10.1. The molecule has 0 bridgehead atoms. The van der Waals surface area contributed by atoms with E-state index in [4.69, 9.17) is 0 Å². The van der Waals surface area contributed by atoms with Gasteiger partial charge >= 0.3 is 12.4 Å². The van der Waals surface area contributed by atoms with Crippen LogP contribution >= 0.6 is 0 Å². The number of hydrogen-bond acceptors (Lipinski definition) is 7. The monoisotopic (exact) mass is 455 g/mol. The molecule has 7 nitrogen and oxygen atoms in total. The summed E-state index contributed by atoms with van der Waals surface area (Å²) in [5.41, 5.74) is -4.34. The highest BCUT2D eigenvalue weighted by Crippen LogP contribution is 2.36. The van der Waals surface area contributed by atoms with Crippen LogP contribution in [0.5, 0.6) is 0 Å². The van der Waals surface area contributed by atoms with Crippen molar-refractivity contribution in [2.75, 3.05) is 12.8 Å². The molecular formula is C16H15F6N5O2S. The Labute approximate surface area is 167 Å². The Hall–Kier alpha value is -2.64. The maximum Gasteiger partial charge on any atom is 0.434 e. The van der Waals surface area contributed by atoms with Gasteiger partial charge < -0.3 is 10.2 Å². The number of alkyl halides is 6. The van der Waals surface area contributed by atoms with Gasteiger partial charge in [0.1, 0.15) is 5.69 Å². The second kappa shape index (κ2) is 6.68. The minimum Gasteiger partial charge on any atom is -0.361 e.